The van der Waals surface area contributed by atoms with E-state index in [1.165, 1.54) is 13.0 Å². The Bertz CT molecular complexity index is 941. The summed E-state index contributed by atoms with van der Waals surface area (Å²) in [4.78, 5) is 12.5. The molecule has 0 aromatic heterocycles. The third-order valence-corrected chi connectivity index (χ3v) is 3.78. The van der Waals surface area contributed by atoms with Crippen LogP contribution < -0.4 is 5.32 Å². The summed E-state index contributed by atoms with van der Waals surface area (Å²) < 4.78 is 33.9. The minimum absolute atomic E-state index is 0.120. The van der Waals surface area contributed by atoms with E-state index in [4.69, 9.17) is 16.2 Å². The molecule has 2 aromatic rings. The largest absolute Gasteiger partial charge is 0.466 e. The average molecular weight is 383 g/mol. The number of hydrogen-bond acceptors (Lipinski definition) is 5. The van der Waals surface area contributed by atoms with Gasteiger partial charge in [0.2, 0.25) is 0 Å². The summed E-state index contributed by atoms with van der Waals surface area (Å²) in [5, 5.41) is 6.42. The van der Waals surface area contributed by atoms with Crippen molar-refractivity contribution in [2.24, 2.45) is 5.16 Å². The van der Waals surface area contributed by atoms with Gasteiger partial charge in [0.05, 0.1) is 11.4 Å². The summed E-state index contributed by atoms with van der Waals surface area (Å²) in [6, 6.07) is 11.6. The van der Waals surface area contributed by atoms with Crippen LogP contribution in [0.5, 0.6) is 0 Å². The lowest BCUT2D eigenvalue weighted by atomic mass is 10.1. The van der Waals surface area contributed by atoms with E-state index >= 15 is 0 Å². The summed E-state index contributed by atoms with van der Waals surface area (Å²) >= 11 is 5.97. The molecule has 2 rings (SSSR count). The van der Waals surface area contributed by atoms with Gasteiger partial charge < -0.3 is 5.32 Å². The van der Waals surface area contributed by atoms with Gasteiger partial charge in [-0.25, -0.2) is 4.28 Å². The van der Waals surface area contributed by atoms with Crippen LogP contribution in [0, 0.1) is 6.92 Å². The van der Waals surface area contributed by atoms with Gasteiger partial charge in [-0.3, -0.25) is 9.35 Å². The Labute approximate surface area is 150 Å². The molecule has 25 heavy (non-hydrogen) atoms. The quantitative estimate of drug-likeness (QED) is 0.468. The number of halogens is 1. The smallest absolute Gasteiger partial charge is 0.321 e. The van der Waals surface area contributed by atoms with Crippen molar-refractivity contribution in [2.75, 3.05) is 5.32 Å². The minimum Gasteiger partial charge on any atom is -0.321 e. The number of benzene rings is 2. The van der Waals surface area contributed by atoms with Crippen molar-refractivity contribution in [2.45, 2.75) is 13.8 Å². The summed E-state index contributed by atoms with van der Waals surface area (Å²) in [7, 11) is -4.72. The van der Waals surface area contributed by atoms with Crippen LogP contribution in [0.2, 0.25) is 5.02 Å². The molecule has 0 heterocycles. The first-order valence-electron chi connectivity index (χ1n) is 7.05. The number of oxime groups is 1. The first kappa shape index (κ1) is 18.9. The predicted octanol–water partition coefficient (Wildman–Crippen LogP) is 3.44. The number of carbonyl (C=O) groups excluding carboxylic acids is 1. The normalized spacial score (nSPS) is 11.9. The summed E-state index contributed by atoms with van der Waals surface area (Å²) in [6.07, 6.45) is 0. The topological polar surface area (TPSA) is 105 Å². The fourth-order valence-corrected chi connectivity index (χ4v) is 2.48. The van der Waals surface area contributed by atoms with Gasteiger partial charge in [0, 0.05) is 16.1 Å². The molecule has 2 N–H and O–H groups in total. The highest BCUT2D eigenvalue weighted by Crippen LogP contribution is 2.23. The minimum atomic E-state index is -4.72. The van der Waals surface area contributed by atoms with E-state index in [9.17, 15) is 13.2 Å². The molecule has 0 atom stereocenters. The lowest BCUT2D eigenvalue weighted by Crippen LogP contribution is -2.16. The first-order valence-corrected chi connectivity index (χ1v) is 8.79. The van der Waals surface area contributed by atoms with Crippen molar-refractivity contribution in [1.29, 1.82) is 0 Å². The molecule has 0 radical (unpaired) electrons. The number of amides is 1. The third kappa shape index (κ3) is 5.28. The number of hydrogen-bond donors (Lipinski definition) is 2. The lowest BCUT2D eigenvalue weighted by molar-refractivity contribution is 0.102. The van der Waals surface area contributed by atoms with Crippen molar-refractivity contribution in [3.63, 3.8) is 0 Å². The summed E-state index contributed by atoms with van der Waals surface area (Å²) in [5.41, 5.74) is 2.10. The highest BCUT2D eigenvalue weighted by atomic mass is 35.5. The predicted molar refractivity (Wildman–Crippen MR) is 95.4 cm³/mol. The molecule has 0 aliphatic carbocycles. The number of carbonyl (C=O) groups is 1. The molecule has 2 aromatic carbocycles. The van der Waals surface area contributed by atoms with Gasteiger partial charge in [0.25, 0.3) is 5.91 Å². The van der Waals surface area contributed by atoms with E-state index in [1.54, 1.807) is 37.3 Å². The van der Waals surface area contributed by atoms with Crippen LogP contribution in [0.4, 0.5) is 5.69 Å². The van der Waals surface area contributed by atoms with Gasteiger partial charge in [-0.1, -0.05) is 35.0 Å². The zero-order chi connectivity index (χ0) is 18.6. The van der Waals surface area contributed by atoms with E-state index in [0.717, 1.165) is 5.56 Å². The molecule has 0 fully saturated rings. The van der Waals surface area contributed by atoms with Crippen LogP contribution in [0.1, 0.15) is 28.4 Å². The Morgan fingerprint density at radius 2 is 1.88 bits per heavy atom. The summed E-state index contributed by atoms with van der Waals surface area (Å²) in [5.74, 6) is -0.356. The molecule has 0 saturated heterocycles. The van der Waals surface area contributed by atoms with Gasteiger partial charge in [-0.2, -0.15) is 8.42 Å². The Morgan fingerprint density at radius 3 is 2.52 bits per heavy atom. The molecule has 0 aliphatic heterocycles. The SMILES string of the molecule is C/C(=N\OS(=O)(=O)O)c1ccc(Cl)cc1NC(=O)c1ccccc1C. The maximum absolute atomic E-state index is 12.5. The maximum Gasteiger partial charge on any atom is 0.466 e. The van der Waals surface area contributed by atoms with Gasteiger partial charge in [0.1, 0.15) is 0 Å². The van der Waals surface area contributed by atoms with E-state index in [2.05, 4.69) is 14.8 Å². The second-order valence-electron chi connectivity index (χ2n) is 5.14. The van der Waals surface area contributed by atoms with Crippen LogP contribution in [0.3, 0.4) is 0 Å². The standard InChI is InChI=1S/C16H15ClN2O5S/c1-10-5-3-4-6-13(10)16(20)18-15-9-12(17)7-8-14(15)11(2)19-24-25(21,22)23/h3-9H,1-2H3,(H,18,20)(H,21,22,23)/b19-11+. The van der Waals surface area contributed by atoms with Crippen LogP contribution in [0.15, 0.2) is 47.6 Å². The van der Waals surface area contributed by atoms with Gasteiger partial charge in [0.15, 0.2) is 0 Å². The molecular weight excluding hydrogens is 368 g/mol. The maximum atomic E-state index is 12.5. The average Bonchev–Trinajstić information content (AvgIpc) is 2.52. The number of rotatable bonds is 5. The molecular formula is C16H15ClN2O5S. The Hall–Kier alpha value is -2.42. The second-order valence-corrected chi connectivity index (χ2v) is 6.58. The van der Waals surface area contributed by atoms with Crippen LogP contribution in [0.25, 0.3) is 0 Å². The second kappa shape index (κ2) is 7.64. The number of nitrogens with zero attached hydrogens (tertiary/aromatic N) is 1. The van der Waals surface area contributed by atoms with Crippen LogP contribution in [-0.2, 0) is 14.7 Å². The van der Waals surface area contributed by atoms with Gasteiger partial charge >= 0.3 is 10.4 Å². The number of aryl methyl sites for hydroxylation is 1. The Kier molecular flexibility index (Phi) is 5.78. The van der Waals surface area contributed by atoms with Crippen molar-refractivity contribution in [3.8, 4) is 0 Å². The Morgan fingerprint density at radius 1 is 1.20 bits per heavy atom. The zero-order valence-electron chi connectivity index (χ0n) is 13.4. The van der Waals surface area contributed by atoms with E-state index in [0.29, 0.717) is 21.8 Å². The third-order valence-electron chi connectivity index (χ3n) is 3.28. The highest BCUT2D eigenvalue weighted by Gasteiger charge is 2.14. The van der Waals surface area contributed by atoms with E-state index in [-0.39, 0.29) is 11.6 Å². The molecule has 7 nitrogen and oxygen atoms in total. The number of nitrogens with one attached hydrogen (secondary N) is 1. The molecule has 0 spiro atoms. The molecule has 0 unspecified atom stereocenters. The highest BCUT2D eigenvalue weighted by molar-refractivity contribution is 7.80. The van der Waals surface area contributed by atoms with Crippen LogP contribution in [-0.4, -0.2) is 24.6 Å². The van der Waals surface area contributed by atoms with E-state index in [1.807, 2.05) is 6.07 Å². The molecule has 1 amide bonds. The molecule has 9 heteroatoms. The Balaban J connectivity index is 2.36. The fraction of sp³-hybridized carbons (Fsp3) is 0.125. The van der Waals surface area contributed by atoms with Crippen molar-refractivity contribution < 1.29 is 22.0 Å². The van der Waals surface area contributed by atoms with Gasteiger partial charge in [-0.05, 0) is 43.7 Å². The molecule has 0 saturated carbocycles. The number of anilines is 1. The monoisotopic (exact) mass is 382 g/mol. The van der Waals surface area contributed by atoms with Crippen molar-refractivity contribution >= 4 is 39.3 Å². The summed E-state index contributed by atoms with van der Waals surface area (Å²) in [6.45, 7) is 3.26. The van der Waals surface area contributed by atoms with Crippen molar-refractivity contribution in [1.82, 2.24) is 0 Å². The van der Waals surface area contributed by atoms with E-state index < -0.39 is 10.4 Å². The first-order chi connectivity index (χ1) is 11.7. The molecule has 0 bridgehead atoms. The molecule has 132 valence electrons. The zero-order valence-corrected chi connectivity index (χ0v) is 14.9. The van der Waals surface area contributed by atoms with Crippen LogP contribution >= 0.6 is 11.6 Å². The van der Waals surface area contributed by atoms with Crippen molar-refractivity contribution in [3.05, 3.63) is 64.2 Å². The lowest BCUT2D eigenvalue weighted by Gasteiger charge is -2.12. The fourth-order valence-electron chi connectivity index (χ4n) is 2.10. The van der Waals surface area contributed by atoms with Gasteiger partial charge in [-0.15, -0.1) is 0 Å². The molecule has 0 aliphatic rings.